The Bertz CT molecular complexity index is 1130. The third kappa shape index (κ3) is 6.61. The first-order valence-corrected chi connectivity index (χ1v) is 12.1. The van der Waals surface area contributed by atoms with Crippen molar-refractivity contribution in [2.75, 3.05) is 13.7 Å². The maximum atomic E-state index is 13.5. The molecular weight excluding hydrogens is 516 g/mol. The molecule has 0 heterocycles. The number of aryl methyl sites for hydroxylation is 2. The standard InChI is InChI=1S/C27H28BrClN2O3/c1-18-13-22(14-19(2)26(18)28)34-17-25(32)31(16-21-11-7-8-12-23(21)29)24(27(33)30-3)15-20-9-5-4-6-10-20/h4-14,24H,15-17H2,1-3H3,(H,30,33). The third-order valence-corrected chi connectivity index (χ3v) is 7.21. The molecule has 7 heteroatoms. The zero-order chi connectivity index (χ0) is 24.7. The van der Waals surface area contributed by atoms with Gasteiger partial charge in [-0.3, -0.25) is 9.59 Å². The van der Waals surface area contributed by atoms with E-state index in [1.54, 1.807) is 18.0 Å². The first kappa shape index (κ1) is 25.8. The van der Waals surface area contributed by atoms with E-state index in [1.165, 1.54) is 0 Å². The summed E-state index contributed by atoms with van der Waals surface area (Å²) in [6.45, 7) is 3.92. The lowest BCUT2D eigenvalue weighted by atomic mass is 10.0. The number of benzene rings is 3. The number of nitrogens with zero attached hydrogens (tertiary/aromatic N) is 1. The van der Waals surface area contributed by atoms with Gasteiger partial charge >= 0.3 is 0 Å². The molecule has 1 N–H and O–H groups in total. The second-order valence-corrected chi connectivity index (χ2v) is 9.29. The molecule has 0 fully saturated rings. The second kappa shape index (κ2) is 12.0. The minimum atomic E-state index is -0.729. The van der Waals surface area contributed by atoms with Gasteiger partial charge in [0.15, 0.2) is 6.61 Å². The monoisotopic (exact) mass is 542 g/mol. The van der Waals surface area contributed by atoms with Gasteiger partial charge in [-0.2, -0.15) is 0 Å². The molecule has 3 aromatic rings. The van der Waals surface area contributed by atoms with E-state index in [0.717, 1.165) is 26.7 Å². The number of rotatable bonds is 9. The Labute approximate surface area is 214 Å². The van der Waals surface area contributed by atoms with Crippen molar-refractivity contribution in [1.29, 1.82) is 0 Å². The van der Waals surface area contributed by atoms with Crippen LogP contribution < -0.4 is 10.1 Å². The molecule has 0 aliphatic carbocycles. The molecule has 0 saturated heterocycles. The Hall–Kier alpha value is -2.83. The van der Waals surface area contributed by atoms with Crippen LogP contribution in [0.3, 0.4) is 0 Å². The number of carbonyl (C=O) groups is 2. The number of hydrogen-bond donors (Lipinski definition) is 1. The smallest absolute Gasteiger partial charge is 0.261 e. The lowest BCUT2D eigenvalue weighted by Crippen LogP contribution is -2.51. The molecule has 0 spiro atoms. The summed E-state index contributed by atoms with van der Waals surface area (Å²) in [5, 5.41) is 3.24. The molecule has 3 rings (SSSR count). The number of halogens is 2. The minimum absolute atomic E-state index is 0.186. The summed E-state index contributed by atoms with van der Waals surface area (Å²) < 4.78 is 6.88. The van der Waals surface area contributed by atoms with Crippen LogP contribution in [0.2, 0.25) is 5.02 Å². The zero-order valence-corrected chi connectivity index (χ0v) is 21.8. The van der Waals surface area contributed by atoms with Crippen LogP contribution in [-0.2, 0) is 22.6 Å². The van der Waals surface area contributed by atoms with Crippen LogP contribution in [0.1, 0.15) is 22.3 Å². The highest BCUT2D eigenvalue weighted by atomic mass is 79.9. The summed E-state index contributed by atoms with van der Waals surface area (Å²) in [5.41, 5.74) is 3.74. The Morgan fingerprint density at radius 1 is 1.03 bits per heavy atom. The summed E-state index contributed by atoms with van der Waals surface area (Å²) in [4.78, 5) is 28.0. The average molecular weight is 544 g/mol. The zero-order valence-electron chi connectivity index (χ0n) is 19.5. The highest BCUT2D eigenvalue weighted by Gasteiger charge is 2.30. The molecule has 0 aromatic heterocycles. The Morgan fingerprint density at radius 3 is 2.26 bits per heavy atom. The normalized spacial score (nSPS) is 11.6. The highest BCUT2D eigenvalue weighted by Crippen LogP contribution is 2.27. The quantitative estimate of drug-likeness (QED) is 0.389. The van der Waals surface area contributed by atoms with Crippen molar-refractivity contribution in [3.8, 4) is 5.75 Å². The minimum Gasteiger partial charge on any atom is -0.484 e. The fraction of sp³-hybridized carbons (Fsp3) is 0.259. The van der Waals surface area contributed by atoms with Gasteiger partial charge in [0.05, 0.1) is 0 Å². The fourth-order valence-corrected chi connectivity index (χ4v) is 4.17. The topological polar surface area (TPSA) is 58.6 Å². The predicted molar refractivity (Wildman–Crippen MR) is 139 cm³/mol. The molecule has 5 nitrogen and oxygen atoms in total. The molecule has 0 aliphatic rings. The average Bonchev–Trinajstić information content (AvgIpc) is 2.84. The SMILES string of the molecule is CNC(=O)C(Cc1ccccc1)N(Cc1ccccc1Cl)C(=O)COc1cc(C)c(Br)c(C)c1. The van der Waals surface area contributed by atoms with E-state index in [0.29, 0.717) is 17.2 Å². The maximum absolute atomic E-state index is 13.5. The second-order valence-electron chi connectivity index (χ2n) is 8.09. The van der Waals surface area contributed by atoms with Crippen LogP contribution in [0, 0.1) is 13.8 Å². The van der Waals surface area contributed by atoms with Gasteiger partial charge in [-0.05, 0) is 54.3 Å². The van der Waals surface area contributed by atoms with Crippen molar-refractivity contribution >= 4 is 39.3 Å². The predicted octanol–water partition coefficient (Wildman–Crippen LogP) is 5.48. The number of nitrogens with one attached hydrogen (secondary N) is 1. The molecule has 0 radical (unpaired) electrons. The van der Waals surface area contributed by atoms with Gasteiger partial charge in [-0.25, -0.2) is 0 Å². The molecule has 3 aromatic carbocycles. The lowest BCUT2D eigenvalue weighted by Gasteiger charge is -2.31. The summed E-state index contributed by atoms with van der Waals surface area (Å²) in [6.07, 6.45) is 0.368. The molecule has 1 atom stereocenters. The first-order chi connectivity index (χ1) is 16.3. The van der Waals surface area contributed by atoms with Crippen molar-refractivity contribution in [3.05, 3.63) is 98.5 Å². The van der Waals surface area contributed by atoms with Crippen LogP contribution in [0.5, 0.6) is 5.75 Å². The number of ether oxygens (including phenoxy) is 1. The number of carbonyl (C=O) groups excluding carboxylic acids is 2. The van der Waals surface area contributed by atoms with Gasteiger partial charge in [0, 0.05) is 29.5 Å². The molecule has 34 heavy (non-hydrogen) atoms. The Morgan fingerprint density at radius 2 is 1.65 bits per heavy atom. The molecule has 0 saturated carbocycles. The van der Waals surface area contributed by atoms with Gasteiger partial charge in [0.25, 0.3) is 5.91 Å². The lowest BCUT2D eigenvalue weighted by molar-refractivity contribution is -0.142. The molecule has 1 unspecified atom stereocenters. The number of likely N-dealkylation sites (N-methyl/N-ethyl adjacent to an activating group) is 1. The Kier molecular flexibility index (Phi) is 9.13. The third-order valence-electron chi connectivity index (χ3n) is 5.59. The summed E-state index contributed by atoms with van der Waals surface area (Å²) >= 11 is 9.95. The largest absolute Gasteiger partial charge is 0.484 e. The van der Waals surface area contributed by atoms with E-state index >= 15 is 0 Å². The van der Waals surface area contributed by atoms with Crippen LogP contribution >= 0.6 is 27.5 Å². The molecule has 0 aliphatic heterocycles. The van der Waals surface area contributed by atoms with E-state index < -0.39 is 6.04 Å². The van der Waals surface area contributed by atoms with Crippen molar-refractivity contribution in [1.82, 2.24) is 10.2 Å². The van der Waals surface area contributed by atoms with Gasteiger partial charge in [-0.15, -0.1) is 0 Å². The van der Waals surface area contributed by atoms with Gasteiger partial charge in [0.1, 0.15) is 11.8 Å². The van der Waals surface area contributed by atoms with Crippen molar-refractivity contribution in [2.24, 2.45) is 0 Å². The fourth-order valence-electron chi connectivity index (χ4n) is 3.75. The summed E-state index contributed by atoms with van der Waals surface area (Å²) in [6, 6.07) is 20.0. The van der Waals surface area contributed by atoms with Crippen molar-refractivity contribution in [3.63, 3.8) is 0 Å². The summed E-state index contributed by atoms with van der Waals surface area (Å²) in [7, 11) is 1.57. The van der Waals surface area contributed by atoms with E-state index in [9.17, 15) is 9.59 Å². The maximum Gasteiger partial charge on any atom is 0.261 e. The van der Waals surface area contributed by atoms with Crippen molar-refractivity contribution in [2.45, 2.75) is 32.9 Å². The van der Waals surface area contributed by atoms with Gasteiger partial charge in [0.2, 0.25) is 5.91 Å². The van der Waals surface area contributed by atoms with E-state index in [-0.39, 0.29) is 25.0 Å². The van der Waals surface area contributed by atoms with Crippen LogP contribution in [0.4, 0.5) is 0 Å². The van der Waals surface area contributed by atoms with E-state index in [1.807, 2.05) is 74.5 Å². The molecule has 0 bridgehead atoms. The van der Waals surface area contributed by atoms with E-state index in [2.05, 4.69) is 21.2 Å². The van der Waals surface area contributed by atoms with Gasteiger partial charge in [-0.1, -0.05) is 76.1 Å². The van der Waals surface area contributed by atoms with Gasteiger partial charge < -0.3 is 15.0 Å². The number of hydrogen-bond acceptors (Lipinski definition) is 3. The molecule has 178 valence electrons. The molecule has 2 amide bonds. The van der Waals surface area contributed by atoms with Crippen LogP contribution in [0.25, 0.3) is 0 Å². The van der Waals surface area contributed by atoms with E-state index in [4.69, 9.17) is 16.3 Å². The van der Waals surface area contributed by atoms with Crippen molar-refractivity contribution < 1.29 is 14.3 Å². The summed E-state index contributed by atoms with van der Waals surface area (Å²) in [5.74, 6) is 0.0473. The highest BCUT2D eigenvalue weighted by molar-refractivity contribution is 9.10. The first-order valence-electron chi connectivity index (χ1n) is 11.0. The molecular formula is C27H28BrClN2O3. The number of amides is 2. The Balaban J connectivity index is 1.90. The van der Waals surface area contributed by atoms with Crippen LogP contribution in [-0.4, -0.2) is 36.4 Å². The van der Waals surface area contributed by atoms with Crippen LogP contribution in [0.15, 0.2) is 71.2 Å².